The van der Waals surface area contributed by atoms with Crippen molar-refractivity contribution < 1.29 is 14.7 Å². The van der Waals surface area contributed by atoms with Crippen LogP contribution in [0.1, 0.15) is 39.5 Å². The monoisotopic (exact) mass is 271 g/mol. The van der Waals surface area contributed by atoms with Gasteiger partial charge in [-0.1, -0.05) is 0 Å². The van der Waals surface area contributed by atoms with Gasteiger partial charge in [-0.25, -0.2) is 4.79 Å². The van der Waals surface area contributed by atoms with Crippen LogP contribution in [-0.4, -0.2) is 58.6 Å². The molecule has 0 aromatic rings. The Bertz CT molecular complexity index is 320. The molecular weight excluding hydrogens is 246 g/mol. The number of hydrogen-bond donors (Lipinski definition) is 2. The highest BCUT2D eigenvalue weighted by atomic mass is 16.4. The Hall–Kier alpha value is -1.30. The van der Waals surface area contributed by atoms with Gasteiger partial charge in [0, 0.05) is 38.1 Å². The number of carbonyl (C=O) groups is 2. The molecule has 0 aromatic carbocycles. The van der Waals surface area contributed by atoms with Crippen molar-refractivity contribution in [3.8, 4) is 0 Å². The molecular formula is C13H25N3O3. The summed E-state index contributed by atoms with van der Waals surface area (Å²) in [5.74, 6) is -0.823. The first-order valence-electron chi connectivity index (χ1n) is 6.94. The molecule has 110 valence electrons. The predicted molar refractivity (Wildman–Crippen MR) is 72.9 cm³/mol. The van der Waals surface area contributed by atoms with Gasteiger partial charge in [-0.15, -0.1) is 0 Å². The maximum absolute atomic E-state index is 12.4. The van der Waals surface area contributed by atoms with Crippen LogP contribution in [0.15, 0.2) is 0 Å². The Kier molecular flexibility index (Phi) is 6.08. The molecule has 1 saturated heterocycles. The normalized spacial score (nSPS) is 19.6. The van der Waals surface area contributed by atoms with Crippen molar-refractivity contribution in [2.75, 3.05) is 19.6 Å². The number of urea groups is 1. The van der Waals surface area contributed by atoms with Gasteiger partial charge in [-0.3, -0.25) is 4.79 Å². The number of carbonyl (C=O) groups excluding carboxylic acids is 1. The second-order valence-electron chi connectivity index (χ2n) is 5.42. The minimum atomic E-state index is -0.823. The van der Waals surface area contributed by atoms with E-state index in [4.69, 9.17) is 10.8 Å². The number of nitrogens with two attached hydrogens (primary N) is 1. The highest BCUT2D eigenvalue weighted by Gasteiger charge is 2.26. The van der Waals surface area contributed by atoms with Crippen molar-refractivity contribution in [2.24, 2.45) is 5.73 Å². The van der Waals surface area contributed by atoms with Gasteiger partial charge in [0.2, 0.25) is 0 Å². The number of amides is 2. The summed E-state index contributed by atoms with van der Waals surface area (Å²) < 4.78 is 0. The van der Waals surface area contributed by atoms with Gasteiger partial charge in [0.25, 0.3) is 0 Å². The predicted octanol–water partition coefficient (Wildman–Crippen LogP) is 1.10. The average molecular weight is 271 g/mol. The molecule has 0 radical (unpaired) electrons. The van der Waals surface area contributed by atoms with Crippen molar-refractivity contribution in [1.82, 2.24) is 9.80 Å². The number of carboxylic acids is 1. The molecule has 6 heteroatoms. The molecule has 1 aliphatic heterocycles. The first-order chi connectivity index (χ1) is 8.91. The van der Waals surface area contributed by atoms with Crippen LogP contribution in [0.5, 0.6) is 0 Å². The molecule has 1 rings (SSSR count). The number of hydrogen-bond acceptors (Lipinski definition) is 3. The smallest absolute Gasteiger partial charge is 0.320 e. The Morgan fingerprint density at radius 3 is 2.68 bits per heavy atom. The molecule has 1 atom stereocenters. The van der Waals surface area contributed by atoms with E-state index in [1.807, 2.05) is 13.8 Å². The van der Waals surface area contributed by atoms with Crippen molar-refractivity contribution >= 4 is 12.0 Å². The fourth-order valence-corrected chi connectivity index (χ4v) is 2.34. The van der Waals surface area contributed by atoms with Crippen molar-refractivity contribution in [3.63, 3.8) is 0 Å². The van der Waals surface area contributed by atoms with E-state index < -0.39 is 5.97 Å². The van der Waals surface area contributed by atoms with Crippen molar-refractivity contribution in [3.05, 3.63) is 0 Å². The van der Waals surface area contributed by atoms with E-state index in [-0.39, 0.29) is 24.5 Å². The van der Waals surface area contributed by atoms with Crippen LogP contribution >= 0.6 is 0 Å². The van der Waals surface area contributed by atoms with Crippen molar-refractivity contribution in [2.45, 2.75) is 51.6 Å². The largest absolute Gasteiger partial charge is 0.481 e. The maximum Gasteiger partial charge on any atom is 0.320 e. The van der Waals surface area contributed by atoms with Crippen LogP contribution in [0.2, 0.25) is 0 Å². The number of nitrogens with zero attached hydrogens (tertiary/aromatic N) is 2. The molecule has 2 amide bonds. The Balaban J connectivity index is 2.54. The van der Waals surface area contributed by atoms with Crippen LogP contribution in [-0.2, 0) is 4.79 Å². The summed E-state index contributed by atoms with van der Waals surface area (Å²) in [6.45, 7) is 5.72. The van der Waals surface area contributed by atoms with E-state index in [0.29, 0.717) is 19.5 Å². The van der Waals surface area contributed by atoms with E-state index in [2.05, 4.69) is 0 Å². The minimum Gasteiger partial charge on any atom is -0.481 e. The second-order valence-corrected chi connectivity index (χ2v) is 5.42. The standard InChI is InChI=1S/C13H25N3O3/c1-10(2)16(8-4-6-12(17)18)13(19)15-7-3-5-11(14)9-15/h10-11H,3-9,14H2,1-2H3,(H,17,18). The van der Waals surface area contributed by atoms with E-state index in [0.717, 1.165) is 19.4 Å². The third-order valence-electron chi connectivity index (χ3n) is 3.39. The zero-order chi connectivity index (χ0) is 14.4. The number of rotatable bonds is 5. The highest BCUT2D eigenvalue weighted by Crippen LogP contribution is 2.13. The lowest BCUT2D eigenvalue weighted by Gasteiger charge is -2.37. The van der Waals surface area contributed by atoms with E-state index in [1.165, 1.54) is 0 Å². The minimum absolute atomic E-state index is 0.0180. The molecule has 0 aliphatic carbocycles. The van der Waals surface area contributed by atoms with E-state index >= 15 is 0 Å². The van der Waals surface area contributed by atoms with Crippen LogP contribution in [0.3, 0.4) is 0 Å². The molecule has 0 spiro atoms. The summed E-state index contributed by atoms with van der Waals surface area (Å²) in [7, 11) is 0. The lowest BCUT2D eigenvalue weighted by molar-refractivity contribution is -0.137. The summed E-state index contributed by atoms with van der Waals surface area (Å²) in [6, 6.07) is 0.112. The lowest BCUT2D eigenvalue weighted by Crippen LogP contribution is -2.52. The molecule has 3 N–H and O–H groups in total. The molecule has 0 saturated carbocycles. The second kappa shape index (κ2) is 7.33. The molecule has 1 aliphatic rings. The maximum atomic E-state index is 12.4. The quantitative estimate of drug-likeness (QED) is 0.784. The summed E-state index contributed by atoms with van der Waals surface area (Å²) in [5.41, 5.74) is 5.89. The molecule has 0 aromatic heterocycles. The van der Waals surface area contributed by atoms with Crippen LogP contribution in [0, 0.1) is 0 Å². The number of carboxylic acid groups (broad SMARTS) is 1. The fourth-order valence-electron chi connectivity index (χ4n) is 2.34. The van der Waals surface area contributed by atoms with Gasteiger partial charge >= 0.3 is 12.0 Å². The van der Waals surface area contributed by atoms with Gasteiger partial charge in [-0.2, -0.15) is 0 Å². The van der Waals surface area contributed by atoms with Gasteiger partial charge in [-0.05, 0) is 33.1 Å². The van der Waals surface area contributed by atoms with Gasteiger partial charge in [0.1, 0.15) is 0 Å². The van der Waals surface area contributed by atoms with Crippen molar-refractivity contribution in [1.29, 1.82) is 0 Å². The molecule has 6 nitrogen and oxygen atoms in total. The summed E-state index contributed by atoms with van der Waals surface area (Å²) in [4.78, 5) is 26.5. The van der Waals surface area contributed by atoms with Crippen LogP contribution in [0.4, 0.5) is 4.79 Å². The van der Waals surface area contributed by atoms with Gasteiger partial charge in [0.05, 0.1) is 0 Å². The average Bonchev–Trinajstić information content (AvgIpc) is 2.33. The Labute approximate surface area is 114 Å². The zero-order valence-corrected chi connectivity index (χ0v) is 11.8. The fraction of sp³-hybridized carbons (Fsp3) is 0.846. The SMILES string of the molecule is CC(C)N(CCCC(=O)O)C(=O)N1CCCC(N)C1. The molecule has 19 heavy (non-hydrogen) atoms. The molecule has 0 bridgehead atoms. The van der Waals surface area contributed by atoms with E-state index in [9.17, 15) is 9.59 Å². The van der Waals surface area contributed by atoms with E-state index in [1.54, 1.807) is 9.80 Å². The summed E-state index contributed by atoms with van der Waals surface area (Å²) in [6.07, 6.45) is 2.48. The highest BCUT2D eigenvalue weighted by molar-refractivity contribution is 5.75. The van der Waals surface area contributed by atoms with Gasteiger partial charge in [0.15, 0.2) is 0 Å². The third kappa shape index (κ3) is 5.06. The lowest BCUT2D eigenvalue weighted by atomic mass is 10.1. The number of likely N-dealkylation sites (tertiary alicyclic amines) is 1. The Morgan fingerprint density at radius 1 is 1.47 bits per heavy atom. The summed E-state index contributed by atoms with van der Waals surface area (Å²) in [5, 5.41) is 8.66. The first-order valence-corrected chi connectivity index (χ1v) is 6.94. The van der Waals surface area contributed by atoms with Crippen LogP contribution in [0.25, 0.3) is 0 Å². The number of aliphatic carboxylic acids is 1. The number of piperidine rings is 1. The van der Waals surface area contributed by atoms with Gasteiger partial charge < -0.3 is 20.6 Å². The topological polar surface area (TPSA) is 86.9 Å². The Morgan fingerprint density at radius 2 is 2.16 bits per heavy atom. The summed E-state index contributed by atoms with van der Waals surface area (Å²) >= 11 is 0. The third-order valence-corrected chi connectivity index (χ3v) is 3.39. The molecule has 1 heterocycles. The molecule has 1 unspecified atom stereocenters. The zero-order valence-electron chi connectivity index (χ0n) is 11.8. The first kappa shape index (κ1) is 15.8. The van der Waals surface area contributed by atoms with Crippen LogP contribution < -0.4 is 5.73 Å². The molecule has 1 fully saturated rings.